The zero-order chi connectivity index (χ0) is 16.1. The molecule has 112 valence electrons. The number of benzene rings is 2. The maximum atomic E-state index is 12.0. The first-order valence-corrected chi connectivity index (χ1v) is 7.82. The van der Waals surface area contributed by atoms with Crippen LogP contribution in [0, 0.1) is 0 Å². The lowest BCUT2D eigenvalue weighted by Crippen LogP contribution is -2.28. The molecule has 4 nitrogen and oxygen atoms in total. The fraction of sp³-hybridized carbons (Fsp3) is 0. The van der Waals surface area contributed by atoms with Gasteiger partial charge in [-0.3, -0.25) is 14.9 Å². The molecule has 0 radical (unpaired) electrons. The third-order valence-corrected chi connectivity index (χ3v) is 3.80. The van der Waals surface area contributed by atoms with Crippen molar-refractivity contribution in [2.24, 2.45) is 0 Å². The minimum Gasteiger partial charge on any atom is -0.506 e. The number of amides is 2. The summed E-state index contributed by atoms with van der Waals surface area (Å²) in [4.78, 5) is 23.8. The lowest BCUT2D eigenvalue weighted by atomic mass is 10.2. The van der Waals surface area contributed by atoms with Gasteiger partial charge < -0.3 is 5.11 Å². The maximum Gasteiger partial charge on any atom is 0.261 e. The number of hydrogen-bond acceptors (Lipinski definition) is 3. The van der Waals surface area contributed by atoms with Gasteiger partial charge in [-0.2, -0.15) is 0 Å². The van der Waals surface area contributed by atoms with Crippen LogP contribution in [0.3, 0.4) is 0 Å². The summed E-state index contributed by atoms with van der Waals surface area (Å²) in [6.07, 6.45) is 2.86. The van der Waals surface area contributed by atoms with E-state index in [-0.39, 0.29) is 11.3 Å². The monoisotopic (exact) mass is 423 g/mol. The van der Waals surface area contributed by atoms with Gasteiger partial charge >= 0.3 is 0 Å². The summed E-state index contributed by atoms with van der Waals surface area (Å²) >= 11 is 6.36. The Morgan fingerprint density at radius 1 is 1.09 bits per heavy atom. The number of phenols is 1. The van der Waals surface area contributed by atoms with Gasteiger partial charge in [-0.05, 0) is 39.7 Å². The van der Waals surface area contributed by atoms with E-state index in [9.17, 15) is 14.7 Å². The Morgan fingerprint density at radius 2 is 1.77 bits per heavy atom. The zero-order valence-corrected chi connectivity index (χ0v) is 14.4. The molecule has 22 heavy (non-hydrogen) atoms. The fourth-order valence-electron chi connectivity index (χ4n) is 1.70. The number of phenolic OH excluding ortho intramolecular Hbond substituents is 1. The van der Waals surface area contributed by atoms with Gasteiger partial charge in [-0.15, -0.1) is 0 Å². The first-order valence-electron chi connectivity index (χ1n) is 6.24. The van der Waals surface area contributed by atoms with Crippen molar-refractivity contribution in [2.75, 3.05) is 0 Å². The molecular weight excluding hydrogens is 414 g/mol. The van der Waals surface area contributed by atoms with Crippen LogP contribution in [0.15, 0.2) is 57.5 Å². The van der Waals surface area contributed by atoms with Crippen molar-refractivity contribution < 1.29 is 14.7 Å². The molecule has 0 aliphatic carbocycles. The van der Waals surface area contributed by atoms with Gasteiger partial charge in [0.2, 0.25) is 0 Å². The maximum absolute atomic E-state index is 12.0. The average Bonchev–Trinajstić information content (AvgIpc) is 2.49. The summed E-state index contributed by atoms with van der Waals surface area (Å²) in [7, 11) is 0. The van der Waals surface area contributed by atoms with Crippen molar-refractivity contribution in [1.29, 1.82) is 0 Å². The molecule has 0 atom stereocenters. The second kappa shape index (κ2) is 7.38. The molecule has 0 heterocycles. The second-order valence-electron chi connectivity index (χ2n) is 4.35. The van der Waals surface area contributed by atoms with Gasteiger partial charge in [0.05, 0.1) is 10.0 Å². The van der Waals surface area contributed by atoms with Crippen molar-refractivity contribution in [3.8, 4) is 5.75 Å². The Balaban J connectivity index is 2.09. The second-order valence-corrected chi connectivity index (χ2v) is 6.12. The van der Waals surface area contributed by atoms with Crippen molar-refractivity contribution >= 4 is 49.8 Å². The molecule has 6 heteroatoms. The van der Waals surface area contributed by atoms with Gasteiger partial charge in [0.25, 0.3) is 11.8 Å². The number of rotatable bonds is 3. The van der Waals surface area contributed by atoms with E-state index >= 15 is 0 Å². The molecule has 0 aliphatic heterocycles. The van der Waals surface area contributed by atoms with E-state index in [1.807, 2.05) is 30.3 Å². The summed E-state index contributed by atoms with van der Waals surface area (Å²) in [5.74, 6) is -1.47. The molecule has 2 aromatic carbocycles. The minimum atomic E-state index is -0.679. The quantitative estimate of drug-likeness (QED) is 0.734. The van der Waals surface area contributed by atoms with E-state index in [0.29, 0.717) is 8.95 Å². The number of aromatic hydroxyl groups is 1. The van der Waals surface area contributed by atoms with Crippen molar-refractivity contribution in [2.45, 2.75) is 0 Å². The third kappa shape index (κ3) is 4.29. The molecule has 2 aromatic rings. The van der Waals surface area contributed by atoms with E-state index in [2.05, 4.69) is 37.2 Å². The predicted octanol–water partition coefficient (Wildman–Crippen LogP) is 3.89. The van der Waals surface area contributed by atoms with Crippen molar-refractivity contribution in [3.63, 3.8) is 0 Å². The molecule has 0 unspecified atom stereocenters. The van der Waals surface area contributed by atoms with Crippen LogP contribution in [0.1, 0.15) is 15.9 Å². The Bertz CT molecular complexity index is 743. The predicted molar refractivity (Wildman–Crippen MR) is 91.5 cm³/mol. The van der Waals surface area contributed by atoms with Crippen molar-refractivity contribution in [1.82, 2.24) is 5.32 Å². The molecule has 0 fully saturated rings. The number of imide groups is 1. The Kier molecular flexibility index (Phi) is 5.51. The SMILES string of the molecule is O=C(/C=C/c1ccccc1)NC(=O)c1cc(Br)cc(Br)c1O. The molecule has 2 amide bonds. The van der Waals surface area contributed by atoms with Crippen LogP contribution in [0.5, 0.6) is 5.75 Å². The molecule has 2 N–H and O–H groups in total. The summed E-state index contributed by atoms with van der Waals surface area (Å²) in [6, 6.07) is 12.3. The smallest absolute Gasteiger partial charge is 0.261 e. The molecule has 0 spiro atoms. The molecule has 0 saturated carbocycles. The molecule has 0 aliphatic rings. The van der Waals surface area contributed by atoms with Crippen LogP contribution < -0.4 is 5.32 Å². The van der Waals surface area contributed by atoms with Crippen molar-refractivity contribution in [3.05, 3.63) is 68.6 Å². The highest BCUT2D eigenvalue weighted by Gasteiger charge is 2.16. The summed E-state index contributed by atoms with van der Waals surface area (Å²) in [5.41, 5.74) is 0.848. The van der Waals surface area contributed by atoms with Gasteiger partial charge in [-0.25, -0.2) is 0 Å². The Hall–Kier alpha value is -1.92. The van der Waals surface area contributed by atoms with Crippen LogP contribution in [0.25, 0.3) is 6.08 Å². The highest BCUT2D eigenvalue weighted by atomic mass is 79.9. The van der Waals surface area contributed by atoms with E-state index in [1.165, 1.54) is 12.1 Å². The molecule has 0 saturated heterocycles. The van der Waals surface area contributed by atoms with Crippen LogP contribution in [0.2, 0.25) is 0 Å². The number of hydrogen-bond donors (Lipinski definition) is 2. The van der Waals surface area contributed by atoms with E-state index in [0.717, 1.165) is 5.56 Å². The summed E-state index contributed by atoms with van der Waals surface area (Å²) < 4.78 is 0.967. The van der Waals surface area contributed by atoms with Gasteiger partial charge in [0, 0.05) is 10.5 Å². The molecule has 0 aromatic heterocycles. The average molecular weight is 425 g/mol. The normalized spacial score (nSPS) is 10.6. The minimum absolute atomic E-state index is 0.00251. The number of carbonyl (C=O) groups excluding carboxylic acids is 2. The van der Waals surface area contributed by atoms with E-state index in [1.54, 1.807) is 12.1 Å². The number of halogens is 2. The summed E-state index contributed by atoms with van der Waals surface area (Å²) in [5, 5.41) is 12.1. The van der Waals surface area contributed by atoms with Crippen LogP contribution in [0.4, 0.5) is 0 Å². The van der Waals surface area contributed by atoms with Gasteiger partial charge in [-0.1, -0.05) is 46.3 Å². The van der Waals surface area contributed by atoms with Crippen LogP contribution in [-0.4, -0.2) is 16.9 Å². The first kappa shape index (κ1) is 16.5. The largest absolute Gasteiger partial charge is 0.506 e. The number of nitrogens with one attached hydrogen (secondary N) is 1. The van der Waals surface area contributed by atoms with Crippen LogP contribution >= 0.6 is 31.9 Å². The molecule has 0 bridgehead atoms. The van der Waals surface area contributed by atoms with Gasteiger partial charge in [0.1, 0.15) is 5.75 Å². The lowest BCUT2D eigenvalue weighted by Gasteiger charge is -2.06. The number of carbonyl (C=O) groups is 2. The topological polar surface area (TPSA) is 66.4 Å². The van der Waals surface area contributed by atoms with Gasteiger partial charge in [0.15, 0.2) is 0 Å². The zero-order valence-electron chi connectivity index (χ0n) is 11.2. The first-order chi connectivity index (χ1) is 10.5. The van der Waals surface area contributed by atoms with Crippen LogP contribution in [-0.2, 0) is 4.79 Å². The molecular formula is C16H11Br2NO3. The highest BCUT2D eigenvalue weighted by molar-refractivity contribution is 9.11. The Labute approximate surface area is 144 Å². The summed E-state index contributed by atoms with van der Waals surface area (Å²) in [6.45, 7) is 0. The Morgan fingerprint density at radius 3 is 2.45 bits per heavy atom. The van der Waals surface area contributed by atoms with E-state index in [4.69, 9.17) is 0 Å². The van der Waals surface area contributed by atoms with E-state index < -0.39 is 11.8 Å². The highest BCUT2D eigenvalue weighted by Crippen LogP contribution is 2.31. The standard InChI is InChI=1S/C16H11Br2NO3/c17-11-8-12(15(21)13(18)9-11)16(22)19-14(20)7-6-10-4-2-1-3-5-10/h1-9,21H,(H,19,20,22)/b7-6+. The third-order valence-electron chi connectivity index (χ3n) is 2.74. The molecule has 2 rings (SSSR count). The lowest BCUT2D eigenvalue weighted by molar-refractivity contribution is -0.115. The fourth-order valence-corrected chi connectivity index (χ4v) is 2.92.